The third-order valence-electron chi connectivity index (χ3n) is 1.52. The highest BCUT2D eigenvalue weighted by Gasteiger charge is 2.10. The van der Waals surface area contributed by atoms with Gasteiger partial charge in [-0.2, -0.15) is 0 Å². The van der Waals surface area contributed by atoms with Crippen molar-refractivity contribution in [2.24, 2.45) is 0 Å². The molecule has 0 amide bonds. The predicted molar refractivity (Wildman–Crippen MR) is 49.6 cm³/mol. The molecule has 5 nitrogen and oxygen atoms in total. The fourth-order valence-electron chi connectivity index (χ4n) is 0.783. The number of aromatic nitrogens is 2. The minimum atomic E-state index is -3.07. The monoisotopic (exact) mass is 201 g/mol. The van der Waals surface area contributed by atoms with Crippen molar-refractivity contribution in [3.05, 3.63) is 18.1 Å². The van der Waals surface area contributed by atoms with Gasteiger partial charge in [-0.3, -0.25) is 0 Å². The third kappa shape index (κ3) is 2.98. The van der Waals surface area contributed by atoms with Crippen LogP contribution in [0.5, 0.6) is 0 Å². The topological polar surface area (TPSA) is 85.9 Å². The lowest BCUT2D eigenvalue weighted by molar-refractivity contribution is 0.595. The van der Waals surface area contributed by atoms with E-state index >= 15 is 0 Å². The van der Waals surface area contributed by atoms with E-state index < -0.39 is 9.84 Å². The summed E-state index contributed by atoms with van der Waals surface area (Å²) in [6.07, 6.45) is 1.45. The van der Waals surface area contributed by atoms with Crippen LogP contribution in [0.2, 0.25) is 0 Å². The minimum Gasteiger partial charge on any atom is -0.384 e. The zero-order valence-electron chi connectivity index (χ0n) is 7.27. The van der Waals surface area contributed by atoms with Gasteiger partial charge in [-0.1, -0.05) is 6.92 Å². The Bertz CT molecular complexity index is 388. The van der Waals surface area contributed by atoms with E-state index in [9.17, 15) is 8.42 Å². The van der Waals surface area contributed by atoms with E-state index in [0.29, 0.717) is 0 Å². The Balaban J connectivity index is 2.87. The second-order valence-electron chi connectivity index (χ2n) is 2.57. The van der Waals surface area contributed by atoms with Crippen molar-refractivity contribution in [2.75, 3.05) is 11.5 Å². The SMILES string of the molecule is CCS(=O)(=O)Cc1nccc(N)n1. The molecule has 72 valence electrons. The smallest absolute Gasteiger partial charge is 0.157 e. The number of sulfone groups is 1. The van der Waals surface area contributed by atoms with E-state index in [4.69, 9.17) is 5.73 Å². The minimum absolute atomic E-state index is 0.0885. The zero-order chi connectivity index (χ0) is 9.90. The molecule has 0 saturated carbocycles. The van der Waals surface area contributed by atoms with Crippen LogP contribution in [-0.4, -0.2) is 24.1 Å². The molecule has 0 spiro atoms. The Morgan fingerprint density at radius 2 is 2.23 bits per heavy atom. The maximum atomic E-state index is 11.2. The summed E-state index contributed by atoms with van der Waals surface area (Å²) in [5, 5.41) is 0. The maximum absolute atomic E-state index is 11.2. The number of nitrogens with zero attached hydrogens (tertiary/aromatic N) is 2. The van der Waals surface area contributed by atoms with Gasteiger partial charge in [0, 0.05) is 11.9 Å². The molecular weight excluding hydrogens is 190 g/mol. The number of nitrogens with two attached hydrogens (primary N) is 1. The van der Waals surface area contributed by atoms with Gasteiger partial charge in [0.05, 0.1) is 0 Å². The number of hydrogen-bond acceptors (Lipinski definition) is 5. The first-order valence-electron chi connectivity index (χ1n) is 3.81. The molecule has 0 unspecified atom stereocenters. The number of rotatable bonds is 3. The lowest BCUT2D eigenvalue weighted by Gasteiger charge is -1.99. The van der Waals surface area contributed by atoms with Crippen LogP contribution in [-0.2, 0) is 15.6 Å². The van der Waals surface area contributed by atoms with Crippen molar-refractivity contribution in [3.63, 3.8) is 0 Å². The molecule has 0 fully saturated rings. The third-order valence-corrected chi connectivity index (χ3v) is 3.09. The quantitative estimate of drug-likeness (QED) is 0.743. The molecular formula is C7H11N3O2S. The summed E-state index contributed by atoms with van der Waals surface area (Å²) in [4.78, 5) is 7.60. The fourth-order valence-corrected chi connectivity index (χ4v) is 1.52. The summed E-state index contributed by atoms with van der Waals surface area (Å²) < 4.78 is 22.3. The molecule has 0 bridgehead atoms. The molecule has 0 aliphatic rings. The molecule has 13 heavy (non-hydrogen) atoms. The first kappa shape index (κ1) is 9.91. The summed E-state index contributed by atoms with van der Waals surface area (Å²) in [7, 11) is -3.07. The van der Waals surface area contributed by atoms with Crippen molar-refractivity contribution in [2.45, 2.75) is 12.7 Å². The van der Waals surface area contributed by atoms with Gasteiger partial charge in [-0.15, -0.1) is 0 Å². The number of anilines is 1. The van der Waals surface area contributed by atoms with Crippen LogP contribution >= 0.6 is 0 Å². The van der Waals surface area contributed by atoms with Gasteiger partial charge in [-0.25, -0.2) is 18.4 Å². The highest BCUT2D eigenvalue weighted by molar-refractivity contribution is 7.90. The Morgan fingerprint density at radius 1 is 1.54 bits per heavy atom. The fraction of sp³-hybridized carbons (Fsp3) is 0.429. The van der Waals surface area contributed by atoms with E-state index in [1.54, 1.807) is 6.92 Å². The Kier molecular flexibility index (Phi) is 2.82. The van der Waals surface area contributed by atoms with E-state index in [-0.39, 0.29) is 23.1 Å². The van der Waals surface area contributed by atoms with Crippen LogP contribution in [0.15, 0.2) is 12.3 Å². The lowest BCUT2D eigenvalue weighted by atomic mass is 10.5. The van der Waals surface area contributed by atoms with Crippen LogP contribution in [0.4, 0.5) is 5.82 Å². The van der Waals surface area contributed by atoms with Crippen LogP contribution < -0.4 is 5.73 Å². The largest absolute Gasteiger partial charge is 0.384 e. The molecule has 1 rings (SSSR count). The second kappa shape index (κ2) is 3.69. The summed E-state index contributed by atoms with van der Waals surface area (Å²) in [5.74, 6) is 0.484. The molecule has 0 aromatic carbocycles. The number of nitrogen functional groups attached to an aromatic ring is 1. The van der Waals surface area contributed by atoms with E-state index in [2.05, 4.69) is 9.97 Å². The van der Waals surface area contributed by atoms with E-state index in [1.807, 2.05) is 0 Å². The Labute approximate surface area is 76.9 Å². The molecule has 6 heteroatoms. The second-order valence-corrected chi connectivity index (χ2v) is 4.93. The van der Waals surface area contributed by atoms with Crippen molar-refractivity contribution in [1.29, 1.82) is 0 Å². The normalized spacial score (nSPS) is 11.5. The van der Waals surface area contributed by atoms with Crippen molar-refractivity contribution >= 4 is 15.7 Å². The van der Waals surface area contributed by atoms with Gasteiger partial charge < -0.3 is 5.73 Å². The maximum Gasteiger partial charge on any atom is 0.157 e. The molecule has 0 aliphatic heterocycles. The summed E-state index contributed by atoms with van der Waals surface area (Å²) in [6.45, 7) is 1.58. The molecule has 0 radical (unpaired) electrons. The first-order valence-corrected chi connectivity index (χ1v) is 5.63. The summed E-state index contributed by atoms with van der Waals surface area (Å²) >= 11 is 0. The van der Waals surface area contributed by atoms with Crippen molar-refractivity contribution in [3.8, 4) is 0 Å². The highest BCUT2D eigenvalue weighted by atomic mass is 32.2. The average Bonchev–Trinajstić information content (AvgIpc) is 2.03. The average molecular weight is 201 g/mol. The Hall–Kier alpha value is -1.17. The van der Waals surface area contributed by atoms with E-state index in [1.165, 1.54) is 12.3 Å². The molecule has 0 saturated heterocycles. The Morgan fingerprint density at radius 3 is 2.77 bits per heavy atom. The zero-order valence-corrected chi connectivity index (χ0v) is 8.08. The van der Waals surface area contributed by atoms with Gasteiger partial charge in [0.1, 0.15) is 17.4 Å². The van der Waals surface area contributed by atoms with Gasteiger partial charge in [0.15, 0.2) is 9.84 Å². The molecule has 0 aliphatic carbocycles. The molecule has 1 heterocycles. The van der Waals surface area contributed by atoms with Gasteiger partial charge in [-0.05, 0) is 6.07 Å². The van der Waals surface area contributed by atoms with Gasteiger partial charge in [0.2, 0.25) is 0 Å². The number of hydrogen-bond donors (Lipinski definition) is 1. The van der Waals surface area contributed by atoms with Crippen LogP contribution in [0, 0.1) is 0 Å². The van der Waals surface area contributed by atoms with Crippen molar-refractivity contribution in [1.82, 2.24) is 9.97 Å². The van der Waals surface area contributed by atoms with Crippen LogP contribution in [0.1, 0.15) is 12.7 Å². The van der Waals surface area contributed by atoms with Gasteiger partial charge >= 0.3 is 0 Å². The molecule has 2 N–H and O–H groups in total. The molecule has 1 aromatic rings. The lowest BCUT2D eigenvalue weighted by Crippen LogP contribution is -2.10. The summed E-state index contributed by atoms with van der Waals surface area (Å²) in [5.41, 5.74) is 5.37. The summed E-state index contributed by atoms with van der Waals surface area (Å²) in [6, 6.07) is 1.52. The predicted octanol–water partition coefficient (Wildman–Crippen LogP) is -0.00650. The van der Waals surface area contributed by atoms with Crippen LogP contribution in [0.3, 0.4) is 0 Å². The molecule has 0 atom stereocenters. The van der Waals surface area contributed by atoms with Crippen LogP contribution in [0.25, 0.3) is 0 Å². The van der Waals surface area contributed by atoms with E-state index in [0.717, 1.165) is 0 Å². The van der Waals surface area contributed by atoms with Gasteiger partial charge in [0.25, 0.3) is 0 Å². The highest BCUT2D eigenvalue weighted by Crippen LogP contribution is 2.02. The molecule has 1 aromatic heterocycles. The standard InChI is InChI=1S/C7H11N3O2S/c1-2-13(11,12)5-7-9-4-3-6(8)10-7/h3-4H,2,5H2,1H3,(H2,8,9,10). The first-order chi connectivity index (χ1) is 6.03. The van der Waals surface area contributed by atoms with Crippen molar-refractivity contribution < 1.29 is 8.42 Å².